The van der Waals surface area contributed by atoms with Crippen molar-refractivity contribution in [3.8, 4) is 0 Å². The summed E-state index contributed by atoms with van der Waals surface area (Å²) in [5.41, 5.74) is -0.603. The molecule has 1 aliphatic rings. The Morgan fingerprint density at radius 2 is 2.19 bits per heavy atom. The van der Waals surface area contributed by atoms with E-state index in [9.17, 15) is 14.7 Å². The first-order chi connectivity index (χ1) is 9.60. The monoisotopic (exact) mass is 294 g/mol. The van der Waals surface area contributed by atoms with Crippen LogP contribution in [0.2, 0.25) is 0 Å². The van der Waals surface area contributed by atoms with Gasteiger partial charge in [-0.05, 0) is 45.1 Å². The highest BCUT2D eigenvalue weighted by atomic mass is 16.6. The number of carbonyl (C=O) groups is 2. The molecular formula is C17H26O4. The number of ketones is 1. The van der Waals surface area contributed by atoms with Gasteiger partial charge in [-0.25, -0.2) is 0 Å². The molecule has 4 nitrogen and oxygen atoms in total. The number of aliphatic hydroxyl groups is 1. The maximum atomic E-state index is 11.5. The van der Waals surface area contributed by atoms with Gasteiger partial charge in [0, 0.05) is 6.42 Å². The molecule has 0 amide bonds. The van der Waals surface area contributed by atoms with Gasteiger partial charge < -0.3 is 9.84 Å². The number of allylic oxidation sites excluding steroid dienone is 3. The van der Waals surface area contributed by atoms with E-state index in [0.717, 1.165) is 12.8 Å². The maximum absolute atomic E-state index is 11.5. The number of hydrogen-bond donors (Lipinski definition) is 1. The molecule has 1 N–H and O–H groups in total. The van der Waals surface area contributed by atoms with E-state index >= 15 is 0 Å². The molecule has 0 aliphatic heterocycles. The zero-order valence-corrected chi connectivity index (χ0v) is 13.4. The highest BCUT2D eigenvalue weighted by Gasteiger charge is 2.27. The Morgan fingerprint density at radius 3 is 2.71 bits per heavy atom. The minimum absolute atomic E-state index is 0.0383. The number of aliphatic hydroxyl groups excluding tert-OH is 1. The molecule has 0 saturated carbocycles. The summed E-state index contributed by atoms with van der Waals surface area (Å²) in [5, 5.41) is 9.76. The number of rotatable bonds is 6. The Morgan fingerprint density at radius 1 is 1.52 bits per heavy atom. The topological polar surface area (TPSA) is 63.6 Å². The first-order valence-corrected chi connectivity index (χ1v) is 7.38. The van der Waals surface area contributed by atoms with E-state index < -0.39 is 17.7 Å². The summed E-state index contributed by atoms with van der Waals surface area (Å²) in [6.45, 7) is 7.44. The molecule has 0 saturated heterocycles. The predicted octanol–water partition coefficient (Wildman–Crippen LogP) is 2.95. The number of ether oxygens (including phenoxy) is 1. The Bertz CT molecular complexity index is 442. The van der Waals surface area contributed by atoms with Crippen LogP contribution < -0.4 is 0 Å². The van der Waals surface area contributed by atoms with Crippen molar-refractivity contribution in [1.82, 2.24) is 0 Å². The third kappa shape index (κ3) is 7.23. The first kappa shape index (κ1) is 17.6. The Labute approximate surface area is 126 Å². The van der Waals surface area contributed by atoms with Crippen LogP contribution in [0.25, 0.3) is 0 Å². The fourth-order valence-electron chi connectivity index (χ4n) is 2.27. The molecule has 21 heavy (non-hydrogen) atoms. The number of carbonyl (C=O) groups excluding carboxylic acids is 2. The molecule has 0 bridgehead atoms. The van der Waals surface area contributed by atoms with Crippen molar-refractivity contribution in [1.29, 1.82) is 0 Å². The third-order valence-electron chi connectivity index (χ3n) is 3.29. The molecule has 0 aromatic carbocycles. The molecule has 0 radical (unpaired) electrons. The van der Waals surface area contributed by atoms with Crippen LogP contribution in [0.4, 0.5) is 0 Å². The Kier molecular flexibility index (Phi) is 5.90. The molecule has 0 aromatic rings. The average Bonchev–Trinajstić information content (AvgIpc) is 2.62. The minimum atomic E-state index is -0.826. The van der Waals surface area contributed by atoms with Crippen molar-refractivity contribution in [2.45, 2.75) is 65.1 Å². The summed E-state index contributed by atoms with van der Waals surface area (Å²) < 4.78 is 5.14. The second-order valence-corrected chi connectivity index (χ2v) is 6.96. The van der Waals surface area contributed by atoms with Crippen LogP contribution in [0.5, 0.6) is 0 Å². The largest absolute Gasteiger partial charge is 0.460 e. The van der Waals surface area contributed by atoms with Crippen molar-refractivity contribution in [2.24, 2.45) is 5.41 Å². The lowest BCUT2D eigenvalue weighted by atomic mass is 9.85. The van der Waals surface area contributed by atoms with Gasteiger partial charge in [0.05, 0.1) is 12.5 Å². The van der Waals surface area contributed by atoms with Gasteiger partial charge in [-0.15, -0.1) is 0 Å². The van der Waals surface area contributed by atoms with Crippen LogP contribution in [0, 0.1) is 5.41 Å². The van der Waals surface area contributed by atoms with Gasteiger partial charge in [-0.1, -0.05) is 25.2 Å². The molecule has 0 heterocycles. The van der Waals surface area contributed by atoms with Gasteiger partial charge in [-0.3, -0.25) is 9.59 Å². The van der Waals surface area contributed by atoms with Gasteiger partial charge in [0.1, 0.15) is 5.60 Å². The van der Waals surface area contributed by atoms with Crippen LogP contribution in [0.1, 0.15) is 53.4 Å². The van der Waals surface area contributed by atoms with Crippen molar-refractivity contribution in [3.63, 3.8) is 0 Å². The van der Waals surface area contributed by atoms with Crippen molar-refractivity contribution >= 4 is 11.8 Å². The second-order valence-electron chi connectivity index (χ2n) is 6.96. The number of esters is 1. The normalized spacial score (nSPS) is 23.8. The van der Waals surface area contributed by atoms with Gasteiger partial charge >= 0.3 is 5.97 Å². The van der Waals surface area contributed by atoms with Gasteiger partial charge in [0.2, 0.25) is 0 Å². The summed E-state index contributed by atoms with van der Waals surface area (Å²) in [6, 6.07) is 0. The summed E-state index contributed by atoms with van der Waals surface area (Å²) >= 11 is 0. The lowest BCUT2D eigenvalue weighted by Crippen LogP contribution is -2.26. The summed E-state index contributed by atoms with van der Waals surface area (Å²) in [6.07, 6.45) is 8.38. The second kappa shape index (κ2) is 7.03. The van der Waals surface area contributed by atoms with E-state index in [2.05, 4.69) is 6.92 Å². The third-order valence-corrected chi connectivity index (χ3v) is 3.29. The molecule has 0 fully saturated rings. The fraction of sp³-hybridized carbons (Fsp3) is 0.647. The quantitative estimate of drug-likeness (QED) is 0.604. The number of hydrogen-bond acceptors (Lipinski definition) is 4. The molecule has 4 heteroatoms. The van der Waals surface area contributed by atoms with Crippen LogP contribution in [0.15, 0.2) is 24.3 Å². The highest BCUT2D eigenvalue weighted by Crippen LogP contribution is 2.34. The van der Waals surface area contributed by atoms with E-state index in [1.165, 1.54) is 0 Å². The summed E-state index contributed by atoms with van der Waals surface area (Å²) in [4.78, 5) is 22.8. The van der Waals surface area contributed by atoms with E-state index in [0.29, 0.717) is 6.42 Å². The summed E-state index contributed by atoms with van der Waals surface area (Å²) in [5.74, 6) is -0.234. The summed E-state index contributed by atoms with van der Waals surface area (Å²) in [7, 11) is 0. The molecule has 0 spiro atoms. The first-order valence-electron chi connectivity index (χ1n) is 7.38. The van der Waals surface area contributed by atoms with E-state index in [-0.39, 0.29) is 17.6 Å². The lowest BCUT2D eigenvalue weighted by molar-refractivity contribution is -0.156. The molecule has 2 unspecified atom stereocenters. The minimum Gasteiger partial charge on any atom is -0.460 e. The highest BCUT2D eigenvalue weighted by molar-refractivity contribution is 5.92. The Hall–Kier alpha value is -1.42. The molecule has 2 atom stereocenters. The van der Waals surface area contributed by atoms with Gasteiger partial charge in [0.15, 0.2) is 5.78 Å². The van der Waals surface area contributed by atoms with Crippen LogP contribution in [-0.2, 0) is 14.3 Å². The van der Waals surface area contributed by atoms with Gasteiger partial charge in [-0.2, -0.15) is 0 Å². The van der Waals surface area contributed by atoms with Crippen molar-refractivity contribution in [2.75, 3.05) is 0 Å². The standard InChI is InChI=1S/C17H26O4/c1-16(2,3)21-15(20)11-13(18)7-5-6-9-17(4)10-8-14(19)12-17/h5,7-8,10,13,18H,6,9,11-12H2,1-4H3/b7-5+. The zero-order chi connectivity index (χ0) is 16.1. The maximum Gasteiger partial charge on any atom is 0.309 e. The lowest BCUT2D eigenvalue weighted by Gasteiger charge is -2.20. The molecule has 0 aromatic heterocycles. The molecule has 1 aliphatic carbocycles. The SMILES string of the molecule is CC1(CC/C=C/C(O)CC(=O)OC(C)(C)C)C=CC(=O)C1. The van der Waals surface area contributed by atoms with Crippen LogP contribution in [0.3, 0.4) is 0 Å². The zero-order valence-electron chi connectivity index (χ0n) is 13.4. The molecular weight excluding hydrogens is 268 g/mol. The van der Waals surface area contributed by atoms with E-state index in [4.69, 9.17) is 4.74 Å². The van der Waals surface area contributed by atoms with E-state index in [1.807, 2.05) is 12.2 Å². The van der Waals surface area contributed by atoms with Crippen LogP contribution >= 0.6 is 0 Å². The average molecular weight is 294 g/mol. The predicted molar refractivity (Wildman–Crippen MR) is 81.7 cm³/mol. The molecule has 1 rings (SSSR count). The van der Waals surface area contributed by atoms with Crippen molar-refractivity contribution in [3.05, 3.63) is 24.3 Å². The fourth-order valence-corrected chi connectivity index (χ4v) is 2.27. The van der Waals surface area contributed by atoms with Crippen molar-refractivity contribution < 1.29 is 19.4 Å². The smallest absolute Gasteiger partial charge is 0.309 e. The van der Waals surface area contributed by atoms with E-state index in [1.54, 1.807) is 32.9 Å². The van der Waals surface area contributed by atoms with Gasteiger partial charge in [0.25, 0.3) is 0 Å². The Balaban J connectivity index is 2.28. The van der Waals surface area contributed by atoms with Crippen LogP contribution in [-0.4, -0.2) is 28.6 Å². The molecule has 118 valence electrons.